The van der Waals surface area contributed by atoms with Crippen molar-refractivity contribution in [1.29, 1.82) is 0 Å². The Morgan fingerprint density at radius 1 is 1.08 bits per heavy atom. The predicted molar refractivity (Wildman–Crippen MR) is 91.1 cm³/mol. The fraction of sp³-hybridized carbons (Fsp3) is 0.533. The number of sulfonamides is 2. The van der Waals surface area contributed by atoms with Gasteiger partial charge < -0.3 is 5.11 Å². The van der Waals surface area contributed by atoms with Crippen LogP contribution in [-0.4, -0.2) is 41.0 Å². The molecule has 0 spiro atoms. The second-order valence-electron chi connectivity index (χ2n) is 6.14. The van der Waals surface area contributed by atoms with Crippen molar-refractivity contribution >= 4 is 26.0 Å². The zero-order valence-electron chi connectivity index (χ0n) is 14.0. The van der Waals surface area contributed by atoms with Gasteiger partial charge in [-0.1, -0.05) is 0 Å². The zero-order chi connectivity index (χ0) is 18.8. The van der Waals surface area contributed by atoms with Crippen molar-refractivity contribution < 1.29 is 26.7 Å². The molecule has 0 heterocycles. The molecule has 0 saturated heterocycles. The largest absolute Gasteiger partial charge is 0.481 e. The Morgan fingerprint density at radius 3 is 2.16 bits per heavy atom. The van der Waals surface area contributed by atoms with E-state index in [4.69, 9.17) is 5.11 Å². The van der Waals surface area contributed by atoms with E-state index in [-0.39, 0.29) is 15.8 Å². The minimum absolute atomic E-state index is 0.0135. The minimum Gasteiger partial charge on any atom is -0.481 e. The summed E-state index contributed by atoms with van der Waals surface area (Å²) in [5, 5.41) is 8.98. The highest BCUT2D eigenvalue weighted by Gasteiger charge is 2.29. The van der Waals surface area contributed by atoms with Crippen molar-refractivity contribution in [3.8, 4) is 0 Å². The molecule has 8 nitrogen and oxygen atoms in total. The highest BCUT2D eigenvalue weighted by molar-refractivity contribution is 7.90. The normalized spacial score (nSPS) is 21.8. The summed E-state index contributed by atoms with van der Waals surface area (Å²) in [6.07, 6.45) is 1.78. The number of rotatable bonds is 6. The molecule has 140 valence electrons. The summed E-state index contributed by atoms with van der Waals surface area (Å²) in [4.78, 5) is 11.0. The van der Waals surface area contributed by atoms with E-state index in [1.165, 1.54) is 32.2 Å². The number of hydrogen-bond donors (Lipinski definition) is 3. The van der Waals surface area contributed by atoms with Crippen LogP contribution in [0.2, 0.25) is 0 Å². The molecule has 1 aromatic rings. The van der Waals surface area contributed by atoms with E-state index in [1.807, 2.05) is 0 Å². The molecule has 0 bridgehead atoms. The Kier molecular flexibility index (Phi) is 5.87. The quantitative estimate of drug-likeness (QED) is 0.659. The van der Waals surface area contributed by atoms with Crippen LogP contribution in [0.4, 0.5) is 0 Å². The first-order valence-electron chi connectivity index (χ1n) is 7.86. The fourth-order valence-corrected chi connectivity index (χ4v) is 5.29. The maximum atomic E-state index is 12.5. The van der Waals surface area contributed by atoms with Crippen LogP contribution in [0.15, 0.2) is 28.0 Å². The molecule has 1 aliphatic rings. The number of hydrogen-bond acceptors (Lipinski definition) is 5. The van der Waals surface area contributed by atoms with E-state index in [2.05, 4.69) is 9.44 Å². The van der Waals surface area contributed by atoms with E-state index in [0.717, 1.165) is 0 Å². The van der Waals surface area contributed by atoms with Crippen LogP contribution >= 0.6 is 0 Å². The zero-order valence-corrected chi connectivity index (χ0v) is 15.7. The van der Waals surface area contributed by atoms with Gasteiger partial charge in [0.05, 0.1) is 15.7 Å². The third-order valence-electron chi connectivity index (χ3n) is 4.41. The van der Waals surface area contributed by atoms with Crippen LogP contribution in [0, 0.1) is 12.8 Å². The van der Waals surface area contributed by atoms with E-state index in [9.17, 15) is 21.6 Å². The van der Waals surface area contributed by atoms with Crippen LogP contribution in [0.25, 0.3) is 0 Å². The number of nitrogens with one attached hydrogen (secondary N) is 2. The lowest BCUT2D eigenvalue weighted by atomic mass is 9.87. The number of carbonyl (C=O) groups is 1. The molecule has 0 unspecified atom stereocenters. The van der Waals surface area contributed by atoms with E-state index in [1.54, 1.807) is 0 Å². The molecule has 0 aromatic heterocycles. The smallest absolute Gasteiger partial charge is 0.306 e. The first-order valence-corrected chi connectivity index (χ1v) is 10.8. The average Bonchev–Trinajstić information content (AvgIpc) is 2.54. The highest BCUT2D eigenvalue weighted by Crippen LogP contribution is 2.26. The van der Waals surface area contributed by atoms with Crippen LogP contribution in [0.5, 0.6) is 0 Å². The number of carboxylic acids is 1. The highest BCUT2D eigenvalue weighted by atomic mass is 32.2. The Labute approximate surface area is 147 Å². The van der Waals surface area contributed by atoms with Crippen molar-refractivity contribution in [2.45, 2.75) is 48.4 Å². The van der Waals surface area contributed by atoms with Crippen molar-refractivity contribution in [1.82, 2.24) is 9.44 Å². The summed E-state index contributed by atoms with van der Waals surface area (Å²) in [5.41, 5.74) is 0.326. The lowest BCUT2D eigenvalue weighted by Crippen LogP contribution is -2.38. The molecular formula is C15H22N2O6S2. The van der Waals surface area contributed by atoms with Gasteiger partial charge >= 0.3 is 5.97 Å². The summed E-state index contributed by atoms with van der Waals surface area (Å²) >= 11 is 0. The average molecular weight is 390 g/mol. The molecule has 1 fully saturated rings. The molecule has 1 aromatic carbocycles. The predicted octanol–water partition coefficient (Wildman–Crippen LogP) is 0.825. The van der Waals surface area contributed by atoms with Crippen molar-refractivity contribution in [2.75, 3.05) is 7.05 Å². The van der Waals surface area contributed by atoms with Gasteiger partial charge in [-0.15, -0.1) is 0 Å². The molecule has 1 saturated carbocycles. The summed E-state index contributed by atoms with van der Waals surface area (Å²) in [5.74, 6) is -1.27. The molecule has 25 heavy (non-hydrogen) atoms. The lowest BCUT2D eigenvalue weighted by molar-refractivity contribution is -0.142. The topological polar surface area (TPSA) is 130 Å². The standard InChI is InChI=1S/C15H22N2O6S2/c1-10-9-13(7-8-14(10)25(22,23)16-2)24(20,21)17-12-5-3-11(4-6-12)15(18)19/h7-9,11-12,16-17H,3-6H2,1-2H3,(H,18,19). The van der Waals surface area contributed by atoms with Crippen LogP contribution in [0.3, 0.4) is 0 Å². The second-order valence-corrected chi connectivity index (χ2v) is 9.71. The van der Waals surface area contributed by atoms with Gasteiger partial charge in [-0.2, -0.15) is 0 Å². The third-order valence-corrected chi connectivity index (χ3v) is 7.51. The summed E-state index contributed by atoms with van der Waals surface area (Å²) in [6.45, 7) is 1.53. The van der Waals surface area contributed by atoms with E-state index >= 15 is 0 Å². The van der Waals surface area contributed by atoms with Crippen molar-refractivity contribution in [2.24, 2.45) is 5.92 Å². The Balaban J connectivity index is 2.15. The van der Waals surface area contributed by atoms with Gasteiger partial charge in [0, 0.05) is 6.04 Å². The molecular weight excluding hydrogens is 368 g/mol. The fourth-order valence-electron chi connectivity index (χ4n) is 2.95. The van der Waals surface area contributed by atoms with E-state index < -0.39 is 31.9 Å². The van der Waals surface area contributed by atoms with Crippen LogP contribution < -0.4 is 9.44 Å². The Hall–Kier alpha value is -1.49. The number of carboxylic acid groups (broad SMARTS) is 1. The van der Waals surface area contributed by atoms with Gasteiger partial charge in [-0.05, 0) is 63.4 Å². The maximum Gasteiger partial charge on any atom is 0.306 e. The first kappa shape index (κ1) is 19.8. The second kappa shape index (κ2) is 7.40. The molecule has 0 atom stereocenters. The first-order chi connectivity index (χ1) is 11.6. The van der Waals surface area contributed by atoms with Gasteiger partial charge in [-0.3, -0.25) is 4.79 Å². The Morgan fingerprint density at radius 2 is 1.68 bits per heavy atom. The van der Waals surface area contributed by atoms with Crippen molar-refractivity contribution in [3.05, 3.63) is 23.8 Å². The SMILES string of the molecule is CNS(=O)(=O)c1ccc(S(=O)(=O)NC2CCC(C(=O)O)CC2)cc1C. The maximum absolute atomic E-state index is 12.5. The van der Waals surface area contributed by atoms with Gasteiger partial charge in [0.25, 0.3) is 0 Å². The van der Waals surface area contributed by atoms with Gasteiger partial charge in [0.15, 0.2) is 0 Å². The molecule has 3 N–H and O–H groups in total. The molecule has 0 aliphatic heterocycles. The van der Waals surface area contributed by atoms with Gasteiger partial charge in [0.1, 0.15) is 0 Å². The van der Waals surface area contributed by atoms with Crippen LogP contribution in [0.1, 0.15) is 31.2 Å². The van der Waals surface area contributed by atoms with E-state index in [0.29, 0.717) is 31.2 Å². The molecule has 0 radical (unpaired) electrons. The van der Waals surface area contributed by atoms with Crippen LogP contribution in [-0.2, 0) is 24.8 Å². The minimum atomic E-state index is -3.80. The Bertz CT molecular complexity index is 856. The third kappa shape index (κ3) is 4.57. The summed E-state index contributed by atoms with van der Waals surface area (Å²) in [6, 6.07) is 3.51. The lowest BCUT2D eigenvalue weighted by Gasteiger charge is -2.26. The number of benzene rings is 1. The van der Waals surface area contributed by atoms with Crippen molar-refractivity contribution in [3.63, 3.8) is 0 Å². The van der Waals surface area contributed by atoms with Gasteiger partial charge in [-0.25, -0.2) is 26.3 Å². The number of aryl methyl sites for hydroxylation is 1. The molecule has 10 heteroatoms. The summed E-state index contributed by atoms with van der Waals surface area (Å²) < 4.78 is 53.5. The molecule has 2 rings (SSSR count). The van der Waals surface area contributed by atoms with Gasteiger partial charge in [0.2, 0.25) is 20.0 Å². The molecule has 1 aliphatic carbocycles. The number of aliphatic carboxylic acids is 1. The monoisotopic (exact) mass is 390 g/mol. The summed E-state index contributed by atoms with van der Waals surface area (Å²) in [7, 11) is -6.17. The molecule has 0 amide bonds.